The Bertz CT molecular complexity index is 327. The molecule has 1 fully saturated rings. The Balaban J connectivity index is 2.40. The number of hydrogen-bond acceptors (Lipinski definition) is 1. The first-order valence-corrected chi connectivity index (χ1v) is 5.75. The van der Waals surface area contributed by atoms with Crippen LogP contribution in [-0.4, -0.2) is 13.1 Å². The third-order valence-corrected chi connectivity index (χ3v) is 3.15. The minimum Gasteiger partial charge on any atom is -0.368 e. The first-order valence-electron chi connectivity index (χ1n) is 4.58. The number of benzene rings is 1. The molecule has 1 aliphatic rings. The Morgan fingerprint density at radius 1 is 1.29 bits per heavy atom. The molecule has 0 saturated carbocycles. The van der Waals surface area contributed by atoms with Crippen LogP contribution in [-0.2, 0) is 0 Å². The predicted octanol–water partition coefficient (Wildman–Crippen LogP) is 3.84. The summed E-state index contributed by atoms with van der Waals surface area (Å²) >= 11 is 9.22. The molecule has 0 atom stereocenters. The van der Waals surface area contributed by atoms with E-state index >= 15 is 0 Å². The lowest BCUT2D eigenvalue weighted by molar-refractivity contribution is 0.622. The van der Waals surface area contributed by atoms with Crippen molar-refractivity contribution in [2.45, 2.75) is 12.8 Å². The molecule has 0 aromatic heterocycles. The van der Waals surface area contributed by atoms with Crippen molar-refractivity contribution in [2.75, 3.05) is 18.0 Å². The van der Waals surface area contributed by atoms with Gasteiger partial charge < -0.3 is 4.90 Å². The molecule has 4 heteroatoms. The molecule has 1 aliphatic heterocycles. The smallest absolute Gasteiger partial charge is 0.149 e. The van der Waals surface area contributed by atoms with Crippen LogP contribution in [0.25, 0.3) is 0 Å². The molecule has 1 saturated heterocycles. The van der Waals surface area contributed by atoms with Gasteiger partial charge >= 0.3 is 0 Å². The van der Waals surface area contributed by atoms with Gasteiger partial charge in [0.15, 0.2) is 0 Å². The van der Waals surface area contributed by atoms with Crippen LogP contribution in [0.1, 0.15) is 12.8 Å². The summed E-state index contributed by atoms with van der Waals surface area (Å²) in [6.45, 7) is 1.80. The van der Waals surface area contributed by atoms with Gasteiger partial charge in [0, 0.05) is 17.6 Å². The van der Waals surface area contributed by atoms with Crippen molar-refractivity contribution in [3.8, 4) is 0 Å². The van der Waals surface area contributed by atoms with E-state index in [1.165, 1.54) is 6.07 Å². The summed E-state index contributed by atoms with van der Waals surface area (Å²) in [6, 6.07) is 3.19. The zero-order valence-electron chi connectivity index (χ0n) is 7.56. The van der Waals surface area contributed by atoms with Crippen molar-refractivity contribution in [1.82, 2.24) is 0 Å². The molecule has 1 aromatic rings. The first kappa shape index (κ1) is 10.2. The zero-order valence-corrected chi connectivity index (χ0v) is 9.91. The number of anilines is 1. The van der Waals surface area contributed by atoms with Crippen LogP contribution in [0.5, 0.6) is 0 Å². The molecular weight excluding hydrogens is 268 g/mol. The van der Waals surface area contributed by atoms with E-state index in [0.717, 1.165) is 25.9 Å². The van der Waals surface area contributed by atoms with Crippen LogP contribution in [0.4, 0.5) is 10.1 Å². The van der Waals surface area contributed by atoms with Gasteiger partial charge in [-0.15, -0.1) is 0 Å². The summed E-state index contributed by atoms with van der Waals surface area (Å²) in [5, 5.41) is 0.485. The number of hydrogen-bond donors (Lipinski definition) is 0. The first-order chi connectivity index (χ1) is 6.68. The molecule has 2 rings (SSSR count). The molecule has 0 unspecified atom stereocenters. The summed E-state index contributed by atoms with van der Waals surface area (Å²) in [5.41, 5.74) is 0.548. The molecule has 14 heavy (non-hydrogen) atoms. The van der Waals surface area contributed by atoms with Crippen molar-refractivity contribution in [1.29, 1.82) is 0 Å². The molecule has 0 N–H and O–H groups in total. The Labute approximate surface area is 96.0 Å². The fourth-order valence-electron chi connectivity index (χ4n) is 1.78. The fraction of sp³-hybridized carbons (Fsp3) is 0.400. The third-order valence-electron chi connectivity index (χ3n) is 2.40. The SMILES string of the molecule is Fc1cc(Br)cc(Cl)c1N1CCCC1. The second-order valence-corrected chi connectivity index (χ2v) is 4.74. The number of nitrogens with zero attached hydrogens (tertiary/aromatic N) is 1. The second-order valence-electron chi connectivity index (χ2n) is 3.41. The Morgan fingerprint density at radius 3 is 2.50 bits per heavy atom. The van der Waals surface area contributed by atoms with Gasteiger partial charge in [-0.2, -0.15) is 0 Å². The van der Waals surface area contributed by atoms with E-state index in [2.05, 4.69) is 15.9 Å². The molecule has 0 amide bonds. The minimum atomic E-state index is -0.244. The average molecular weight is 279 g/mol. The van der Waals surface area contributed by atoms with Gasteiger partial charge in [0.1, 0.15) is 5.82 Å². The van der Waals surface area contributed by atoms with Crippen molar-refractivity contribution in [3.05, 3.63) is 27.4 Å². The van der Waals surface area contributed by atoms with E-state index in [4.69, 9.17) is 11.6 Å². The van der Waals surface area contributed by atoms with Gasteiger partial charge in [-0.3, -0.25) is 0 Å². The van der Waals surface area contributed by atoms with Crippen molar-refractivity contribution in [3.63, 3.8) is 0 Å². The van der Waals surface area contributed by atoms with Crippen LogP contribution < -0.4 is 4.90 Å². The highest BCUT2D eigenvalue weighted by Gasteiger charge is 2.19. The Kier molecular flexibility index (Phi) is 2.98. The monoisotopic (exact) mass is 277 g/mol. The average Bonchev–Trinajstić information content (AvgIpc) is 2.54. The lowest BCUT2D eigenvalue weighted by atomic mass is 10.3. The number of halogens is 3. The Morgan fingerprint density at radius 2 is 1.93 bits per heavy atom. The van der Waals surface area contributed by atoms with E-state index < -0.39 is 0 Å². The molecule has 0 bridgehead atoms. The summed E-state index contributed by atoms with van der Waals surface area (Å²) in [6.07, 6.45) is 2.23. The Hall–Kier alpha value is -0.280. The van der Waals surface area contributed by atoms with E-state index in [1.54, 1.807) is 6.07 Å². The van der Waals surface area contributed by atoms with Crippen molar-refractivity contribution in [2.24, 2.45) is 0 Å². The maximum absolute atomic E-state index is 13.6. The lowest BCUT2D eigenvalue weighted by Crippen LogP contribution is -2.19. The molecule has 1 heterocycles. The standard InChI is InChI=1S/C10H10BrClFN/c11-7-5-8(12)10(9(13)6-7)14-3-1-2-4-14/h5-6H,1-4H2. The van der Waals surface area contributed by atoms with Gasteiger partial charge in [-0.05, 0) is 25.0 Å². The quantitative estimate of drug-likeness (QED) is 0.754. The maximum Gasteiger partial charge on any atom is 0.149 e. The van der Waals surface area contributed by atoms with Gasteiger partial charge in [0.2, 0.25) is 0 Å². The molecule has 0 radical (unpaired) electrons. The third kappa shape index (κ3) is 1.89. The highest BCUT2D eigenvalue weighted by atomic mass is 79.9. The molecular formula is C10H10BrClFN. The predicted molar refractivity (Wildman–Crippen MR) is 60.6 cm³/mol. The molecule has 1 nitrogen and oxygen atoms in total. The van der Waals surface area contributed by atoms with Gasteiger partial charge in [0.05, 0.1) is 10.7 Å². The number of rotatable bonds is 1. The zero-order chi connectivity index (χ0) is 10.1. The topological polar surface area (TPSA) is 3.24 Å². The summed E-state index contributed by atoms with van der Waals surface area (Å²) < 4.78 is 14.3. The van der Waals surface area contributed by atoms with E-state index in [1.807, 2.05) is 4.90 Å². The van der Waals surface area contributed by atoms with Crippen LogP contribution in [0.3, 0.4) is 0 Å². The van der Waals surface area contributed by atoms with Crippen LogP contribution in [0.2, 0.25) is 5.02 Å². The minimum absolute atomic E-state index is 0.244. The van der Waals surface area contributed by atoms with Crippen molar-refractivity contribution >= 4 is 33.2 Å². The largest absolute Gasteiger partial charge is 0.368 e. The highest BCUT2D eigenvalue weighted by molar-refractivity contribution is 9.10. The molecule has 0 spiro atoms. The van der Waals surface area contributed by atoms with Gasteiger partial charge in [-0.1, -0.05) is 27.5 Å². The fourth-order valence-corrected chi connectivity index (χ4v) is 2.67. The maximum atomic E-state index is 13.6. The van der Waals surface area contributed by atoms with E-state index in [0.29, 0.717) is 15.2 Å². The molecule has 1 aromatic carbocycles. The van der Waals surface area contributed by atoms with Crippen LogP contribution >= 0.6 is 27.5 Å². The highest BCUT2D eigenvalue weighted by Crippen LogP contribution is 2.33. The normalized spacial score (nSPS) is 16.4. The second kappa shape index (κ2) is 4.07. The summed E-state index contributed by atoms with van der Waals surface area (Å²) in [5.74, 6) is -0.244. The van der Waals surface area contributed by atoms with Gasteiger partial charge in [-0.25, -0.2) is 4.39 Å². The van der Waals surface area contributed by atoms with Crippen LogP contribution in [0, 0.1) is 5.82 Å². The van der Waals surface area contributed by atoms with E-state index in [-0.39, 0.29) is 5.82 Å². The summed E-state index contributed by atoms with van der Waals surface area (Å²) in [7, 11) is 0. The molecule has 0 aliphatic carbocycles. The summed E-state index contributed by atoms with van der Waals surface area (Å²) in [4.78, 5) is 2.00. The lowest BCUT2D eigenvalue weighted by Gasteiger charge is -2.19. The molecule has 76 valence electrons. The van der Waals surface area contributed by atoms with E-state index in [9.17, 15) is 4.39 Å². The van der Waals surface area contributed by atoms with Gasteiger partial charge in [0.25, 0.3) is 0 Å². The van der Waals surface area contributed by atoms with Crippen LogP contribution in [0.15, 0.2) is 16.6 Å². The van der Waals surface area contributed by atoms with Crippen molar-refractivity contribution < 1.29 is 4.39 Å².